The number of hydrogen-bond donors (Lipinski definition) is 1. The van der Waals surface area contributed by atoms with Crippen LogP contribution in [0, 0.1) is 0 Å². The van der Waals surface area contributed by atoms with E-state index < -0.39 is 0 Å². The van der Waals surface area contributed by atoms with Crippen molar-refractivity contribution in [3.63, 3.8) is 0 Å². The van der Waals surface area contributed by atoms with Crippen LogP contribution in [0.2, 0.25) is 0 Å². The largest absolute Gasteiger partial charge is 0.360 e. The second kappa shape index (κ2) is 6.76. The molecular weight excluding hydrogens is 290 g/mol. The summed E-state index contributed by atoms with van der Waals surface area (Å²) in [6.07, 6.45) is 6.44. The van der Waals surface area contributed by atoms with Gasteiger partial charge in [0.05, 0.1) is 12.2 Å². The highest BCUT2D eigenvalue weighted by atomic mass is 15.4. The van der Waals surface area contributed by atoms with E-state index in [4.69, 9.17) is 0 Å². The molecule has 3 aromatic rings. The van der Waals surface area contributed by atoms with E-state index in [1.807, 2.05) is 15.3 Å². The van der Waals surface area contributed by atoms with Crippen LogP contribution in [-0.4, -0.2) is 29.4 Å². The molecule has 0 spiro atoms. The van der Waals surface area contributed by atoms with Gasteiger partial charge in [-0.1, -0.05) is 20.3 Å². The zero-order valence-corrected chi connectivity index (χ0v) is 13.9. The maximum Gasteiger partial charge on any atom is 0.157 e. The highest BCUT2D eigenvalue weighted by Crippen LogP contribution is 2.20. The third-order valence-corrected chi connectivity index (χ3v) is 3.75. The van der Waals surface area contributed by atoms with E-state index in [9.17, 15) is 0 Å². The Morgan fingerprint density at radius 3 is 2.87 bits per heavy atom. The summed E-state index contributed by atoms with van der Waals surface area (Å²) in [5.41, 5.74) is 1.94. The number of aryl methyl sites for hydroxylation is 2. The Morgan fingerprint density at radius 1 is 1.22 bits per heavy atom. The fourth-order valence-corrected chi connectivity index (χ4v) is 2.73. The second-order valence-electron chi connectivity index (χ2n) is 5.69. The van der Waals surface area contributed by atoms with Crippen LogP contribution in [0.15, 0.2) is 24.7 Å². The number of hydrogen-bond acceptors (Lipinski definition) is 5. The maximum atomic E-state index is 4.63. The molecule has 0 unspecified atom stereocenters. The molecule has 3 heterocycles. The van der Waals surface area contributed by atoms with Gasteiger partial charge in [0.2, 0.25) is 0 Å². The van der Waals surface area contributed by atoms with Gasteiger partial charge in [0.25, 0.3) is 0 Å². The van der Waals surface area contributed by atoms with Gasteiger partial charge in [-0.3, -0.25) is 0 Å². The van der Waals surface area contributed by atoms with E-state index in [1.165, 1.54) is 0 Å². The van der Waals surface area contributed by atoms with E-state index in [0.29, 0.717) is 0 Å². The summed E-state index contributed by atoms with van der Waals surface area (Å²) in [6, 6.07) is 4.03. The number of nitrogens with zero attached hydrogens (tertiary/aromatic N) is 6. The van der Waals surface area contributed by atoms with Crippen LogP contribution < -0.4 is 5.32 Å². The minimum atomic E-state index is 0.0355. The monoisotopic (exact) mass is 313 g/mol. The number of aromatic nitrogens is 6. The molecule has 7 heteroatoms. The molecule has 1 N–H and O–H groups in total. The Balaban J connectivity index is 1.90. The predicted octanol–water partition coefficient (Wildman–Crippen LogP) is 2.86. The molecular formula is C16H23N7. The van der Waals surface area contributed by atoms with Crippen LogP contribution in [0.25, 0.3) is 5.65 Å². The summed E-state index contributed by atoms with van der Waals surface area (Å²) in [5, 5.41) is 12.2. The number of nitrogens with one attached hydrogen (secondary N) is 1. The minimum Gasteiger partial charge on any atom is -0.360 e. The first kappa shape index (κ1) is 15.5. The van der Waals surface area contributed by atoms with E-state index in [0.717, 1.165) is 48.8 Å². The molecule has 0 aliphatic rings. The summed E-state index contributed by atoms with van der Waals surface area (Å²) in [6.45, 7) is 7.25. The van der Waals surface area contributed by atoms with Crippen LogP contribution in [0.3, 0.4) is 0 Å². The molecule has 3 rings (SSSR count). The van der Waals surface area contributed by atoms with Gasteiger partial charge in [-0.05, 0) is 19.8 Å². The van der Waals surface area contributed by atoms with Gasteiger partial charge >= 0.3 is 0 Å². The smallest absolute Gasteiger partial charge is 0.157 e. The molecule has 0 aromatic carbocycles. The third-order valence-electron chi connectivity index (χ3n) is 3.75. The fraction of sp³-hybridized carbons (Fsp3) is 0.500. The maximum absolute atomic E-state index is 4.63. The van der Waals surface area contributed by atoms with Gasteiger partial charge in [0, 0.05) is 24.4 Å². The molecule has 0 bridgehead atoms. The first-order valence-corrected chi connectivity index (χ1v) is 8.20. The lowest BCUT2D eigenvalue weighted by atomic mass is 10.2. The SMILES string of the molecule is CCCc1cc(N[C@H](C)c2ncnn2CCC)n2nccc2n1. The van der Waals surface area contributed by atoms with Gasteiger partial charge < -0.3 is 5.32 Å². The van der Waals surface area contributed by atoms with Gasteiger partial charge in [-0.15, -0.1) is 0 Å². The number of anilines is 1. The van der Waals surface area contributed by atoms with Gasteiger partial charge in [0.1, 0.15) is 18.0 Å². The molecule has 0 radical (unpaired) electrons. The third kappa shape index (κ3) is 3.18. The molecule has 7 nitrogen and oxygen atoms in total. The van der Waals surface area contributed by atoms with Crippen molar-refractivity contribution in [3.05, 3.63) is 36.2 Å². The van der Waals surface area contributed by atoms with Gasteiger partial charge in [0.15, 0.2) is 5.65 Å². The Morgan fingerprint density at radius 2 is 2.09 bits per heavy atom. The minimum absolute atomic E-state index is 0.0355. The van der Waals surface area contributed by atoms with Crippen molar-refractivity contribution in [1.82, 2.24) is 29.4 Å². The van der Waals surface area contributed by atoms with Crippen molar-refractivity contribution in [1.29, 1.82) is 0 Å². The molecule has 3 aromatic heterocycles. The van der Waals surface area contributed by atoms with Crippen LogP contribution in [-0.2, 0) is 13.0 Å². The molecule has 0 aliphatic carbocycles. The normalized spacial score (nSPS) is 12.7. The standard InChI is InChI=1S/C16H23N7/c1-4-6-13-10-15(23-14(21-13)7-8-18-23)20-12(3)16-17-11-19-22(16)9-5-2/h7-8,10-12,20H,4-6,9H2,1-3H3/t12-/m1/s1. The summed E-state index contributed by atoms with van der Waals surface area (Å²) in [4.78, 5) is 9.03. The van der Waals surface area contributed by atoms with Crippen LogP contribution in [0.1, 0.15) is 51.2 Å². The zero-order valence-electron chi connectivity index (χ0n) is 13.9. The lowest BCUT2D eigenvalue weighted by molar-refractivity contribution is 0.553. The molecule has 0 aliphatic heterocycles. The Kier molecular flexibility index (Phi) is 4.55. The molecule has 0 fully saturated rings. The van der Waals surface area contributed by atoms with Crippen molar-refractivity contribution in [3.8, 4) is 0 Å². The van der Waals surface area contributed by atoms with E-state index in [1.54, 1.807) is 12.5 Å². The first-order valence-electron chi connectivity index (χ1n) is 8.20. The Hall–Kier alpha value is -2.44. The highest BCUT2D eigenvalue weighted by molar-refractivity contribution is 5.49. The zero-order chi connectivity index (χ0) is 16.2. The topological polar surface area (TPSA) is 72.9 Å². The average molecular weight is 313 g/mol. The number of rotatable bonds is 7. The Bertz CT molecular complexity index is 774. The summed E-state index contributed by atoms with van der Waals surface area (Å²) < 4.78 is 3.78. The molecule has 0 amide bonds. The van der Waals surface area contributed by atoms with Crippen molar-refractivity contribution < 1.29 is 0 Å². The average Bonchev–Trinajstić information content (AvgIpc) is 3.17. The van der Waals surface area contributed by atoms with Crippen molar-refractivity contribution in [2.24, 2.45) is 0 Å². The summed E-state index contributed by atoms with van der Waals surface area (Å²) in [7, 11) is 0. The van der Waals surface area contributed by atoms with Crippen LogP contribution in [0.4, 0.5) is 5.82 Å². The van der Waals surface area contributed by atoms with Crippen molar-refractivity contribution in [2.75, 3.05) is 5.32 Å². The molecule has 1 atom stereocenters. The Labute approximate surface area is 135 Å². The van der Waals surface area contributed by atoms with Crippen LogP contribution >= 0.6 is 0 Å². The molecule has 0 saturated heterocycles. The van der Waals surface area contributed by atoms with E-state index in [2.05, 4.69) is 52.3 Å². The molecule has 122 valence electrons. The van der Waals surface area contributed by atoms with Crippen molar-refractivity contribution >= 4 is 11.5 Å². The highest BCUT2D eigenvalue weighted by Gasteiger charge is 2.15. The quantitative estimate of drug-likeness (QED) is 0.726. The van der Waals surface area contributed by atoms with E-state index >= 15 is 0 Å². The predicted molar refractivity (Wildman–Crippen MR) is 89.3 cm³/mol. The molecule has 0 saturated carbocycles. The second-order valence-corrected chi connectivity index (χ2v) is 5.69. The summed E-state index contributed by atoms with van der Waals surface area (Å²) in [5.74, 6) is 1.86. The summed E-state index contributed by atoms with van der Waals surface area (Å²) >= 11 is 0. The van der Waals surface area contributed by atoms with Gasteiger partial charge in [-0.25, -0.2) is 14.6 Å². The first-order chi connectivity index (χ1) is 11.2. The lowest BCUT2D eigenvalue weighted by Crippen LogP contribution is -2.17. The lowest BCUT2D eigenvalue weighted by Gasteiger charge is -2.17. The number of fused-ring (bicyclic) bond motifs is 1. The van der Waals surface area contributed by atoms with E-state index in [-0.39, 0.29) is 6.04 Å². The fourth-order valence-electron chi connectivity index (χ4n) is 2.73. The van der Waals surface area contributed by atoms with Crippen molar-refractivity contribution in [2.45, 2.75) is 52.6 Å². The molecule has 23 heavy (non-hydrogen) atoms. The van der Waals surface area contributed by atoms with Crippen LogP contribution in [0.5, 0.6) is 0 Å². The van der Waals surface area contributed by atoms with Gasteiger partial charge in [-0.2, -0.15) is 14.7 Å².